The number of benzene rings is 1. The van der Waals surface area contributed by atoms with Gasteiger partial charge in [0.15, 0.2) is 5.13 Å². The average Bonchev–Trinajstić information content (AvgIpc) is 2.58. The first-order chi connectivity index (χ1) is 7.54. The van der Waals surface area contributed by atoms with Crippen molar-refractivity contribution in [2.45, 2.75) is 19.8 Å². The number of hydrogen-bond acceptors (Lipinski definition) is 4. The van der Waals surface area contributed by atoms with E-state index in [1.807, 2.05) is 19.9 Å². The molecule has 5 heteroatoms. The molecule has 0 aliphatic rings. The molecule has 16 heavy (non-hydrogen) atoms. The number of thiazole rings is 1. The fraction of sp³-hybridized carbons (Fsp3) is 0.273. The summed E-state index contributed by atoms with van der Waals surface area (Å²) >= 11 is 1.11. The van der Waals surface area contributed by atoms with E-state index in [9.17, 15) is 4.39 Å². The van der Waals surface area contributed by atoms with Gasteiger partial charge < -0.3 is 5.73 Å². The van der Waals surface area contributed by atoms with Crippen LogP contribution in [0.5, 0.6) is 0 Å². The van der Waals surface area contributed by atoms with Crippen LogP contribution in [0.1, 0.15) is 30.9 Å². The lowest BCUT2D eigenvalue weighted by Crippen LogP contribution is -1.96. The van der Waals surface area contributed by atoms with Crippen molar-refractivity contribution in [3.63, 3.8) is 0 Å². The van der Waals surface area contributed by atoms with Gasteiger partial charge in [0.1, 0.15) is 5.82 Å². The Morgan fingerprint density at radius 2 is 2.25 bits per heavy atom. The number of rotatable bonds is 1. The lowest BCUT2D eigenvalue weighted by Gasteiger charge is -2.08. The number of fused-ring (bicyclic) bond motifs is 1. The minimum Gasteiger partial charge on any atom is -0.375 e. The highest BCUT2D eigenvalue weighted by molar-refractivity contribution is 7.22. The first kappa shape index (κ1) is 10.8. The molecule has 82 valence electrons. The van der Waals surface area contributed by atoms with Gasteiger partial charge in [-0.3, -0.25) is 0 Å². The van der Waals surface area contributed by atoms with E-state index >= 15 is 0 Å². The zero-order valence-corrected chi connectivity index (χ0v) is 9.73. The highest BCUT2D eigenvalue weighted by Gasteiger charge is 2.18. The van der Waals surface area contributed by atoms with Gasteiger partial charge in [-0.25, -0.2) is 9.37 Å². The van der Waals surface area contributed by atoms with E-state index in [0.717, 1.165) is 16.9 Å². The second-order valence-electron chi connectivity index (χ2n) is 3.82. The molecule has 0 saturated carbocycles. The predicted molar refractivity (Wildman–Crippen MR) is 62.8 cm³/mol. The second kappa shape index (κ2) is 3.72. The van der Waals surface area contributed by atoms with Gasteiger partial charge in [0.05, 0.1) is 21.8 Å². The van der Waals surface area contributed by atoms with Gasteiger partial charge in [-0.05, 0) is 17.5 Å². The third-order valence-corrected chi connectivity index (χ3v) is 3.27. The van der Waals surface area contributed by atoms with Crippen molar-refractivity contribution in [1.82, 2.24) is 4.98 Å². The maximum absolute atomic E-state index is 13.7. The number of aromatic nitrogens is 1. The number of nitriles is 1. The van der Waals surface area contributed by atoms with E-state index in [1.165, 1.54) is 6.07 Å². The van der Waals surface area contributed by atoms with Crippen LogP contribution in [0.2, 0.25) is 0 Å². The summed E-state index contributed by atoms with van der Waals surface area (Å²) < 4.78 is 14.1. The number of hydrogen-bond donors (Lipinski definition) is 1. The first-order valence-corrected chi connectivity index (χ1v) is 5.64. The van der Waals surface area contributed by atoms with Crippen LogP contribution in [0.15, 0.2) is 6.07 Å². The van der Waals surface area contributed by atoms with Crippen LogP contribution in [-0.4, -0.2) is 4.98 Å². The molecule has 0 spiro atoms. The number of nitrogen functional groups attached to an aromatic ring is 1. The average molecular weight is 235 g/mol. The molecule has 0 fully saturated rings. The first-order valence-electron chi connectivity index (χ1n) is 4.83. The van der Waals surface area contributed by atoms with Gasteiger partial charge in [0.2, 0.25) is 0 Å². The molecular weight excluding hydrogens is 225 g/mol. The summed E-state index contributed by atoms with van der Waals surface area (Å²) in [6, 6.07) is 3.26. The number of nitrogens with two attached hydrogens (primary N) is 1. The highest BCUT2D eigenvalue weighted by atomic mass is 32.1. The fourth-order valence-corrected chi connectivity index (χ4v) is 2.51. The Hall–Kier alpha value is -1.67. The number of nitrogens with zero attached hydrogens (tertiary/aromatic N) is 2. The lowest BCUT2D eigenvalue weighted by molar-refractivity contribution is 0.640. The van der Waals surface area contributed by atoms with Gasteiger partial charge in [0.25, 0.3) is 0 Å². The van der Waals surface area contributed by atoms with Gasteiger partial charge in [-0.2, -0.15) is 5.26 Å². The predicted octanol–water partition coefficient (Wildman–Crippen LogP) is 3.01. The highest BCUT2D eigenvalue weighted by Crippen LogP contribution is 2.34. The minimum atomic E-state index is -0.426. The van der Waals surface area contributed by atoms with Gasteiger partial charge in [0, 0.05) is 0 Å². The Bertz CT molecular complexity index is 595. The normalized spacial score (nSPS) is 10.9. The molecule has 1 aromatic carbocycles. The Balaban J connectivity index is 2.93. The molecule has 0 amide bonds. The number of halogens is 1. The van der Waals surface area contributed by atoms with Crippen molar-refractivity contribution in [2.75, 3.05) is 5.73 Å². The maximum atomic E-state index is 13.7. The molecule has 0 aliphatic heterocycles. The molecule has 0 aliphatic carbocycles. The van der Waals surface area contributed by atoms with E-state index in [0.29, 0.717) is 20.9 Å². The molecule has 2 rings (SSSR count). The van der Waals surface area contributed by atoms with Crippen LogP contribution < -0.4 is 5.73 Å². The topological polar surface area (TPSA) is 62.7 Å². The summed E-state index contributed by atoms with van der Waals surface area (Å²) in [5, 5.41) is 9.31. The van der Waals surface area contributed by atoms with Crippen molar-refractivity contribution in [3.8, 4) is 6.07 Å². The van der Waals surface area contributed by atoms with Crippen molar-refractivity contribution >= 4 is 26.7 Å². The molecule has 0 unspecified atom stereocenters. The van der Waals surface area contributed by atoms with Crippen LogP contribution in [-0.2, 0) is 0 Å². The van der Waals surface area contributed by atoms with Crippen LogP contribution in [0.3, 0.4) is 0 Å². The van der Waals surface area contributed by atoms with Crippen LogP contribution in [0.4, 0.5) is 9.52 Å². The summed E-state index contributed by atoms with van der Waals surface area (Å²) in [6.45, 7) is 3.89. The van der Waals surface area contributed by atoms with Gasteiger partial charge in [-0.15, -0.1) is 0 Å². The quantitative estimate of drug-likeness (QED) is 0.826. The molecule has 1 heterocycles. The Morgan fingerprint density at radius 1 is 1.56 bits per heavy atom. The van der Waals surface area contributed by atoms with E-state index in [-0.39, 0.29) is 5.92 Å². The monoisotopic (exact) mass is 235 g/mol. The molecule has 0 bridgehead atoms. The number of anilines is 1. The summed E-state index contributed by atoms with van der Waals surface area (Å²) in [4.78, 5) is 4.11. The Labute approximate surface area is 96.3 Å². The molecule has 1 aromatic heterocycles. The molecule has 3 nitrogen and oxygen atoms in total. The summed E-state index contributed by atoms with van der Waals surface area (Å²) in [6.07, 6.45) is 0. The summed E-state index contributed by atoms with van der Waals surface area (Å²) in [5.41, 5.74) is 7.21. The zero-order valence-electron chi connectivity index (χ0n) is 8.91. The van der Waals surface area contributed by atoms with Gasteiger partial charge in [-0.1, -0.05) is 25.2 Å². The standard InChI is InChI=1S/C11H10FN3S/c1-5(2)8-6(4-13)3-7(12)10-9(8)15-11(14)16-10/h3,5H,1-2H3,(H2,14,15). The SMILES string of the molecule is CC(C)c1c(C#N)cc(F)c2sc(N)nc12. The molecule has 0 radical (unpaired) electrons. The smallest absolute Gasteiger partial charge is 0.181 e. The second-order valence-corrected chi connectivity index (χ2v) is 4.85. The van der Waals surface area contributed by atoms with E-state index in [2.05, 4.69) is 4.98 Å². The van der Waals surface area contributed by atoms with Crippen molar-refractivity contribution in [2.24, 2.45) is 0 Å². The van der Waals surface area contributed by atoms with Crippen LogP contribution in [0, 0.1) is 17.1 Å². The van der Waals surface area contributed by atoms with Gasteiger partial charge >= 0.3 is 0 Å². The van der Waals surface area contributed by atoms with E-state index in [1.54, 1.807) is 0 Å². The fourth-order valence-electron chi connectivity index (χ4n) is 1.76. The zero-order chi connectivity index (χ0) is 11.9. The lowest BCUT2D eigenvalue weighted by atomic mass is 9.96. The maximum Gasteiger partial charge on any atom is 0.181 e. The molecule has 0 saturated heterocycles. The third-order valence-electron chi connectivity index (χ3n) is 2.37. The van der Waals surface area contributed by atoms with Crippen molar-refractivity contribution < 1.29 is 4.39 Å². The molecule has 2 aromatic rings. The van der Waals surface area contributed by atoms with Crippen molar-refractivity contribution in [1.29, 1.82) is 5.26 Å². The van der Waals surface area contributed by atoms with Crippen molar-refractivity contribution in [3.05, 3.63) is 23.0 Å². The van der Waals surface area contributed by atoms with E-state index in [4.69, 9.17) is 11.0 Å². The van der Waals surface area contributed by atoms with Crippen LogP contribution in [0.25, 0.3) is 10.2 Å². The Morgan fingerprint density at radius 3 is 2.81 bits per heavy atom. The van der Waals surface area contributed by atoms with E-state index < -0.39 is 5.82 Å². The minimum absolute atomic E-state index is 0.110. The largest absolute Gasteiger partial charge is 0.375 e. The summed E-state index contributed by atoms with van der Waals surface area (Å²) in [7, 11) is 0. The third kappa shape index (κ3) is 1.51. The van der Waals surface area contributed by atoms with Crippen LogP contribution >= 0.6 is 11.3 Å². The molecule has 0 atom stereocenters. The molecular formula is C11H10FN3S. The molecule has 2 N–H and O–H groups in total. The Kier molecular flexibility index (Phi) is 2.52. The summed E-state index contributed by atoms with van der Waals surface area (Å²) in [5.74, 6) is -0.315.